The summed E-state index contributed by atoms with van der Waals surface area (Å²) in [6, 6.07) is 11.2. The van der Waals surface area contributed by atoms with Gasteiger partial charge in [0.05, 0.1) is 8.95 Å². The number of hydrogen-bond acceptors (Lipinski definition) is 2. The van der Waals surface area contributed by atoms with Gasteiger partial charge < -0.3 is 10.5 Å². The Morgan fingerprint density at radius 3 is 2.39 bits per heavy atom. The topological polar surface area (TPSA) is 35.2 Å². The highest BCUT2D eigenvalue weighted by Gasteiger charge is 2.07. The maximum atomic E-state index is 6.09. The quantitative estimate of drug-likeness (QED) is 0.745. The second-order valence-corrected chi connectivity index (χ2v) is 5.81. The summed E-state index contributed by atoms with van der Waals surface area (Å²) in [6.45, 7) is 0.389. The fraction of sp³-hybridized carbons (Fsp3) is 0.0769. The van der Waals surface area contributed by atoms with Gasteiger partial charge in [-0.25, -0.2) is 0 Å². The van der Waals surface area contributed by atoms with Crippen LogP contribution in [-0.4, -0.2) is 0 Å². The molecular formula is C13H10Br2ClNO. The van der Waals surface area contributed by atoms with E-state index in [0.717, 1.165) is 20.3 Å². The van der Waals surface area contributed by atoms with Gasteiger partial charge in [-0.05, 0) is 56.1 Å². The molecule has 0 aliphatic carbocycles. The van der Waals surface area contributed by atoms with Crippen molar-refractivity contribution < 1.29 is 4.74 Å². The third kappa shape index (κ3) is 3.19. The molecule has 0 aromatic heterocycles. The van der Waals surface area contributed by atoms with Gasteiger partial charge in [0.15, 0.2) is 0 Å². The number of nitrogen functional groups attached to an aromatic ring is 1. The molecule has 0 radical (unpaired) electrons. The van der Waals surface area contributed by atoms with Crippen LogP contribution in [0, 0.1) is 0 Å². The van der Waals surface area contributed by atoms with Crippen molar-refractivity contribution in [2.24, 2.45) is 0 Å². The molecule has 2 aromatic carbocycles. The molecule has 2 rings (SSSR count). The van der Waals surface area contributed by atoms with E-state index >= 15 is 0 Å². The molecular weight excluding hydrogens is 381 g/mol. The summed E-state index contributed by atoms with van der Waals surface area (Å²) < 4.78 is 7.54. The molecule has 2 N–H and O–H groups in total. The normalized spacial score (nSPS) is 10.4. The van der Waals surface area contributed by atoms with Crippen LogP contribution < -0.4 is 10.5 Å². The molecule has 0 aliphatic rings. The van der Waals surface area contributed by atoms with Crippen molar-refractivity contribution in [3.63, 3.8) is 0 Å². The Hall–Kier alpha value is -0.710. The summed E-state index contributed by atoms with van der Waals surface area (Å²) in [4.78, 5) is 0. The van der Waals surface area contributed by atoms with Gasteiger partial charge in [0.2, 0.25) is 0 Å². The van der Waals surface area contributed by atoms with Crippen LogP contribution in [0.15, 0.2) is 45.3 Å². The predicted molar refractivity (Wildman–Crippen MR) is 82.0 cm³/mol. The minimum Gasteiger partial charge on any atom is -0.486 e. The maximum absolute atomic E-state index is 6.09. The van der Waals surface area contributed by atoms with E-state index in [0.29, 0.717) is 17.3 Å². The van der Waals surface area contributed by atoms with E-state index in [-0.39, 0.29) is 0 Å². The van der Waals surface area contributed by atoms with Crippen LogP contribution in [0.25, 0.3) is 0 Å². The first-order valence-corrected chi connectivity index (χ1v) is 7.15. The van der Waals surface area contributed by atoms with Crippen molar-refractivity contribution in [3.05, 3.63) is 55.9 Å². The Kier molecular flexibility index (Phi) is 4.54. The van der Waals surface area contributed by atoms with Gasteiger partial charge in [-0.15, -0.1) is 0 Å². The van der Waals surface area contributed by atoms with E-state index in [1.54, 1.807) is 12.1 Å². The van der Waals surface area contributed by atoms with Gasteiger partial charge in [0, 0.05) is 16.3 Å². The van der Waals surface area contributed by atoms with Gasteiger partial charge in [-0.1, -0.05) is 23.7 Å². The molecule has 0 unspecified atom stereocenters. The van der Waals surface area contributed by atoms with E-state index < -0.39 is 0 Å². The van der Waals surface area contributed by atoms with Crippen molar-refractivity contribution in [1.82, 2.24) is 0 Å². The molecule has 0 aliphatic heterocycles. The minimum absolute atomic E-state index is 0.389. The van der Waals surface area contributed by atoms with Gasteiger partial charge in [0.1, 0.15) is 12.4 Å². The average Bonchev–Trinajstić information content (AvgIpc) is 2.31. The first kappa shape index (κ1) is 13.7. The fourth-order valence-electron chi connectivity index (χ4n) is 1.45. The van der Waals surface area contributed by atoms with Crippen LogP contribution in [-0.2, 0) is 6.61 Å². The molecule has 0 saturated carbocycles. The van der Waals surface area contributed by atoms with Crippen molar-refractivity contribution in [1.29, 1.82) is 0 Å². The molecule has 0 atom stereocenters. The van der Waals surface area contributed by atoms with Crippen molar-refractivity contribution >= 4 is 49.1 Å². The first-order chi connectivity index (χ1) is 8.58. The molecule has 2 nitrogen and oxygen atoms in total. The summed E-state index contributed by atoms with van der Waals surface area (Å²) in [5.74, 6) is 0.755. The van der Waals surface area contributed by atoms with Crippen LogP contribution in [0.3, 0.4) is 0 Å². The fourth-order valence-corrected chi connectivity index (χ4v) is 2.92. The Bertz CT molecular complexity index is 555. The van der Waals surface area contributed by atoms with E-state index in [1.807, 2.05) is 24.3 Å². The number of halogens is 3. The molecule has 0 spiro atoms. The van der Waals surface area contributed by atoms with Gasteiger partial charge in [0.25, 0.3) is 0 Å². The molecule has 94 valence electrons. The lowest BCUT2D eigenvalue weighted by Crippen LogP contribution is -1.98. The zero-order valence-corrected chi connectivity index (χ0v) is 13.2. The van der Waals surface area contributed by atoms with Crippen molar-refractivity contribution in [3.8, 4) is 5.75 Å². The van der Waals surface area contributed by atoms with E-state index in [9.17, 15) is 0 Å². The second-order valence-electron chi connectivity index (χ2n) is 3.69. The summed E-state index contributed by atoms with van der Waals surface area (Å²) in [7, 11) is 0. The highest BCUT2D eigenvalue weighted by molar-refractivity contribution is 9.11. The summed E-state index contributed by atoms with van der Waals surface area (Å²) in [6.07, 6.45) is 0. The monoisotopic (exact) mass is 389 g/mol. The SMILES string of the molecule is Nc1ccc(COc2c(Br)cccc2Br)c(Cl)c1. The molecule has 0 bridgehead atoms. The lowest BCUT2D eigenvalue weighted by molar-refractivity contribution is 0.302. The molecule has 0 heterocycles. The smallest absolute Gasteiger partial charge is 0.148 e. The predicted octanol–water partition coefficient (Wildman–Crippen LogP) is 5.03. The molecule has 18 heavy (non-hydrogen) atoms. The lowest BCUT2D eigenvalue weighted by Gasteiger charge is -2.11. The van der Waals surface area contributed by atoms with Crippen LogP contribution in [0.4, 0.5) is 5.69 Å². The van der Waals surface area contributed by atoms with E-state index in [2.05, 4.69) is 31.9 Å². The number of anilines is 1. The molecule has 5 heteroatoms. The maximum Gasteiger partial charge on any atom is 0.148 e. The highest BCUT2D eigenvalue weighted by Crippen LogP contribution is 2.34. The number of rotatable bonds is 3. The van der Waals surface area contributed by atoms with Crippen molar-refractivity contribution in [2.45, 2.75) is 6.61 Å². The second kappa shape index (κ2) is 5.95. The summed E-state index contributed by atoms with van der Waals surface area (Å²) >= 11 is 13.0. The largest absolute Gasteiger partial charge is 0.486 e. The average molecular weight is 391 g/mol. The minimum atomic E-state index is 0.389. The van der Waals surface area contributed by atoms with E-state index in [4.69, 9.17) is 22.1 Å². The van der Waals surface area contributed by atoms with Crippen LogP contribution in [0.2, 0.25) is 5.02 Å². The molecule has 0 saturated heterocycles. The third-order valence-electron chi connectivity index (χ3n) is 2.37. The molecule has 0 amide bonds. The van der Waals surface area contributed by atoms with Gasteiger partial charge in [-0.3, -0.25) is 0 Å². The Balaban J connectivity index is 2.16. The van der Waals surface area contributed by atoms with Gasteiger partial charge >= 0.3 is 0 Å². The molecule has 2 aromatic rings. The van der Waals surface area contributed by atoms with E-state index in [1.165, 1.54) is 0 Å². The van der Waals surface area contributed by atoms with Crippen LogP contribution >= 0.6 is 43.5 Å². The van der Waals surface area contributed by atoms with Gasteiger partial charge in [-0.2, -0.15) is 0 Å². The molecule has 0 fully saturated rings. The number of para-hydroxylation sites is 1. The first-order valence-electron chi connectivity index (χ1n) is 5.18. The number of hydrogen-bond donors (Lipinski definition) is 1. The Morgan fingerprint density at radius 2 is 1.78 bits per heavy atom. The standard InChI is InChI=1S/C13H10Br2ClNO/c14-10-2-1-3-11(15)13(10)18-7-8-4-5-9(17)6-12(8)16/h1-6H,7,17H2. The summed E-state index contributed by atoms with van der Waals surface area (Å²) in [5.41, 5.74) is 7.18. The Morgan fingerprint density at radius 1 is 1.11 bits per heavy atom. The highest BCUT2D eigenvalue weighted by atomic mass is 79.9. The third-order valence-corrected chi connectivity index (χ3v) is 3.97. The van der Waals surface area contributed by atoms with Crippen LogP contribution in [0.1, 0.15) is 5.56 Å². The zero-order valence-electron chi connectivity index (χ0n) is 9.29. The number of benzene rings is 2. The van der Waals surface area contributed by atoms with Crippen LogP contribution in [0.5, 0.6) is 5.75 Å². The lowest BCUT2D eigenvalue weighted by atomic mass is 10.2. The number of ether oxygens (including phenoxy) is 1. The van der Waals surface area contributed by atoms with Crippen molar-refractivity contribution in [2.75, 3.05) is 5.73 Å². The Labute approximate surface area is 127 Å². The number of nitrogens with two attached hydrogens (primary N) is 1. The zero-order chi connectivity index (χ0) is 13.1. The summed E-state index contributed by atoms with van der Waals surface area (Å²) in [5, 5.41) is 0.609.